The predicted molar refractivity (Wildman–Crippen MR) is 95.5 cm³/mol. The fourth-order valence-corrected chi connectivity index (χ4v) is 3.16. The van der Waals surface area contributed by atoms with E-state index in [1.165, 1.54) is 6.07 Å². The smallest absolute Gasteiger partial charge is 0.278 e. The fraction of sp³-hybridized carbons (Fsp3) is 0.389. The summed E-state index contributed by atoms with van der Waals surface area (Å²) in [6.07, 6.45) is -0.145. The summed E-state index contributed by atoms with van der Waals surface area (Å²) in [5, 5.41) is 4.93. The number of aromatic nitrogens is 2. The third-order valence-corrected chi connectivity index (χ3v) is 4.34. The van der Waals surface area contributed by atoms with Gasteiger partial charge in [-0.2, -0.15) is 5.10 Å². The maximum absolute atomic E-state index is 12.8. The number of nitrogens with zero attached hydrogens (tertiary/aromatic N) is 3. The van der Waals surface area contributed by atoms with E-state index in [4.69, 9.17) is 16.3 Å². The third kappa shape index (κ3) is 3.75. The maximum atomic E-state index is 12.8. The van der Waals surface area contributed by atoms with Crippen molar-refractivity contribution in [2.45, 2.75) is 33.0 Å². The molecule has 0 saturated carbocycles. The van der Waals surface area contributed by atoms with Gasteiger partial charge in [0.15, 0.2) is 5.69 Å². The first-order valence-electron chi connectivity index (χ1n) is 8.17. The molecular weight excluding hydrogens is 342 g/mol. The Bertz CT molecular complexity index is 838. The Hall–Kier alpha value is -2.18. The molecule has 0 bridgehead atoms. The molecule has 1 aromatic heterocycles. The predicted octanol–water partition coefficient (Wildman–Crippen LogP) is 2.44. The molecular formula is C18H20ClN3O3. The van der Waals surface area contributed by atoms with E-state index in [1.54, 1.807) is 40.8 Å². The zero-order chi connectivity index (χ0) is 18.1. The highest BCUT2D eigenvalue weighted by Gasteiger charge is 2.29. The minimum atomic E-state index is -0.375. The Labute approximate surface area is 151 Å². The lowest BCUT2D eigenvalue weighted by molar-refractivity contribution is -0.0588. The van der Waals surface area contributed by atoms with Gasteiger partial charge in [0.25, 0.3) is 5.91 Å². The SMILES string of the molecule is Cc1cc(=O)c(C(=O)N2CC(C)OC(C)C2)nn1-c1ccc(Cl)cc1. The van der Waals surface area contributed by atoms with Crippen molar-refractivity contribution < 1.29 is 9.53 Å². The second-order valence-corrected chi connectivity index (χ2v) is 6.79. The molecule has 6 nitrogen and oxygen atoms in total. The number of halogens is 1. The number of hydrogen-bond acceptors (Lipinski definition) is 4. The van der Waals surface area contributed by atoms with Gasteiger partial charge in [0.1, 0.15) is 0 Å². The monoisotopic (exact) mass is 361 g/mol. The van der Waals surface area contributed by atoms with E-state index in [0.29, 0.717) is 23.8 Å². The third-order valence-electron chi connectivity index (χ3n) is 4.09. The minimum Gasteiger partial charge on any atom is -0.372 e. The lowest BCUT2D eigenvalue weighted by Crippen LogP contribution is -2.49. The van der Waals surface area contributed by atoms with Crippen molar-refractivity contribution in [3.63, 3.8) is 0 Å². The summed E-state index contributed by atoms with van der Waals surface area (Å²) in [6.45, 7) is 6.48. The van der Waals surface area contributed by atoms with Gasteiger partial charge in [-0.25, -0.2) is 4.68 Å². The topological polar surface area (TPSA) is 64.4 Å². The van der Waals surface area contributed by atoms with Crippen molar-refractivity contribution in [3.8, 4) is 5.69 Å². The van der Waals surface area contributed by atoms with Crippen LogP contribution in [0.4, 0.5) is 0 Å². The molecule has 1 aliphatic heterocycles. The second-order valence-electron chi connectivity index (χ2n) is 6.35. The molecule has 1 fully saturated rings. The first-order chi connectivity index (χ1) is 11.8. The van der Waals surface area contributed by atoms with Crippen LogP contribution in [-0.2, 0) is 4.74 Å². The van der Waals surface area contributed by atoms with Crippen LogP contribution in [0.25, 0.3) is 5.69 Å². The number of hydrogen-bond donors (Lipinski definition) is 0. The summed E-state index contributed by atoms with van der Waals surface area (Å²) in [6, 6.07) is 8.49. The van der Waals surface area contributed by atoms with Crippen molar-refractivity contribution in [1.82, 2.24) is 14.7 Å². The first-order valence-corrected chi connectivity index (χ1v) is 8.54. The molecule has 1 aromatic carbocycles. The van der Waals surface area contributed by atoms with Crippen LogP contribution >= 0.6 is 11.6 Å². The second kappa shape index (κ2) is 6.98. The van der Waals surface area contributed by atoms with Crippen LogP contribution in [0.3, 0.4) is 0 Å². The van der Waals surface area contributed by atoms with E-state index in [9.17, 15) is 9.59 Å². The molecule has 25 heavy (non-hydrogen) atoms. The van der Waals surface area contributed by atoms with Gasteiger partial charge in [0.2, 0.25) is 5.43 Å². The van der Waals surface area contributed by atoms with Crippen LogP contribution in [0.1, 0.15) is 30.0 Å². The largest absolute Gasteiger partial charge is 0.372 e. The molecule has 1 amide bonds. The lowest BCUT2D eigenvalue weighted by atomic mass is 10.2. The molecule has 0 radical (unpaired) electrons. The normalized spacial score (nSPS) is 20.6. The highest BCUT2D eigenvalue weighted by Crippen LogP contribution is 2.15. The van der Waals surface area contributed by atoms with Crippen LogP contribution < -0.4 is 5.43 Å². The average Bonchev–Trinajstić information content (AvgIpc) is 2.54. The van der Waals surface area contributed by atoms with Gasteiger partial charge in [-0.15, -0.1) is 0 Å². The zero-order valence-electron chi connectivity index (χ0n) is 14.4. The van der Waals surface area contributed by atoms with E-state index in [1.807, 2.05) is 13.8 Å². The Kier molecular flexibility index (Phi) is 4.92. The van der Waals surface area contributed by atoms with Crippen LogP contribution in [0.2, 0.25) is 5.02 Å². The van der Waals surface area contributed by atoms with E-state index < -0.39 is 0 Å². The molecule has 3 rings (SSSR count). The van der Waals surface area contributed by atoms with E-state index in [2.05, 4.69) is 5.10 Å². The summed E-state index contributed by atoms with van der Waals surface area (Å²) in [7, 11) is 0. The molecule has 0 N–H and O–H groups in total. The number of amides is 1. The maximum Gasteiger partial charge on any atom is 0.278 e. The summed E-state index contributed by atoms with van der Waals surface area (Å²) in [4.78, 5) is 26.8. The lowest BCUT2D eigenvalue weighted by Gasteiger charge is -2.35. The summed E-state index contributed by atoms with van der Waals surface area (Å²) < 4.78 is 7.23. The van der Waals surface area contributed by atoms with Crippen LogP contribution in [0.5, 0.6) is 0 Å². The molecule has 2 unspecified atom stereocenters. The average molecular weight is 362 g/mol. The molecule has 7 heteroatoms. The quantitative estimate of drug-likeness (QED) is 0.824. The summed E-state index contributed by atoms with van der Waals surface area (Å²) in [5.74, 6) is -0.366. The fourth-order valence-electron chi connectivity index (χ4n) is 3.03. The Balaban J connectivity index is 1.99. The number of carbonyl (C=O) groups is 1. The van der Waals surface area contributed by atoms with Crippen molar-refractivity contribution >= 4 is 17.5 Å². The standard InChI is InChI=1S/C18H20ClN3O3/c1-11-8-16(23)17(18(24)21-9-12(2)25-13(3)10-21)20-22(11)15-6-4-14(19)5-7-15/h4-8,12-13H,9-10H2,1-3H3. The minimum absolute atomic E-state index is 0.0726. The number of ether oxygens (including phenoxy) is 1. The van der Waals surface area contributed by atoms with Crippen molar-refractivity contribution in [2.24, 2.45) is 0 Å². The van der Waals surface area contributed by atoms with Gasteiger partial charge in [-0.3, -0.25) is 9.59 Å². The zero-order valence-corrected chi connectivity index (χ0v) is 15.2. The molecule has 1 saturated heterocycles. The highest BCUT2D eigenvalue weighted by molar-refractivity contribution is 6.30. The van der Waals surface area contributed by atoms with Crippen molar-refractivity contribution in [2.75, 3.05) is 13.1 Å². The summed E-state index contributed by atoms with van der Waals surface area (Å²) in [5.41, 5.74) is 0.925. The molecule has 1 aliphatic rings. The van der Waals surface area contributed by atoms with E-state index in [-0.39, 0.29) is 29.2 Å². The molecule has 2 heterocycles. The van der Waals surface area contributed by atoms with Crippen LogP contribution in [0, 0.1) is 6.92 Å². The number of benzene rings is 1. The number of aryl methyl sites for hydroxylation is 1. The number of rotatable bonds is 2. The van der Waals surface area contributed by atoms with Gasteiger partial charge < -0.3 is 9.64 Å². The van der Waals surface area contributed by atoms with Crippen LogP contribution in [0.15, 0.2) is 35.1 Å². The Morgan fingerprint density at radius 2 is 1.80 bits per heavy atom. The molecule has 2 atom stereocenters. The van der Waals surface area contributed by atoms with Crippen molar-refractivity contribution in [1.29, 1.82) is 0 Å². The van der Waals surface area contributed by atoms with Gasteiger partial charge >= 0.3 is 0 Å². The molecule has 2 aromatic rings. The summed E-state index contributed by atoms with van der Waals surface area (Å²) >= 11 is 5.92. The van der Waals surface area contributed by atoms with Gasteiger partial charge in [0, 0.05) is 29.9 Å². The molecule has 132 valence electrons. The number of morpholine rings is 1. The van der Waals surface area contributed by atoms with Crippen molar-refractivity contribution in [3.05, 3.63) is 57.0 Å². The Morgan fingerprint density at radius 3 is 2.40 bits per heavy atom. The van der Waals surface area contributed by atoms with Crippen LogP contribution in [-0.4, -0.2) is 45.9 Å². The first kappa shape index (κ1) is 17.6. The van der Waals surface area contributed by atoms with E-state index in [0.717, 1.165) is 5.69 Å². The van der Waals surface area contributed by atoms with Gasteiger partial charge in [0.05, 0.1) is 17.9 Å². The van der Waals surface area contributed by atoms with Gasteiger partial charge in [-0.05, 0) is 45.0 Å². The Morgan fingerprint density at radius 1 is 1.20 bits per heavy atom. The van der Waals surface area contributed by atoms with E-state index >= 15 is 0 Å². The van der Waals surface area contributed by atoms with Gasteiger partial charge in [-0.1, -0.05) is 11.6 Å². The number of carbonyl (C=O) groups excluding carboxylic acids is 1. The molecule has 0 spiro atoms. The highest BCUT2D eigenvalue weighted by atomic mass is 35.5. The molecule has 0 aliphatic carbocycles.